The molecule has 19 heavy (non-hydrogen) atoms. The molecule has 98 valence electrons. The number of aryl methyl sites for hydroxylation is 2. The van der Waals surface area contributed by atoms with Gasteiger partial charge in [-0.2, -0.15) is 0 Å². The maximum absolute atomic E-state index is 11.1. The molecule has 5 nitrogen and oxygen atoms in total. The topological polar surface area (TPSA) is 89.1 Å². The molecule has 0 saturated heterocycles. The summed E-state index contributed by atoms with van der Waals surface area (Å²) in [5.41, 5.74) is 7.74. The number of hydrogen-bond donors (Lipinski definition) is 2. The molecule has 0 bridgehead atoms. The van der Waals surface area contributed by atoms with Gasteiger partial charge in [-0.15, -0.1) is 0 Å². The van der Waals surface area contributed by atoms with E-state index in [9.17, 15) is 4.79 Å². The number of nitrogens with zero attached hydrogens (tertiary/aromatic N) is 2. The van der Waals surface area contributed by atoms with Crippen molar-refractivity contribution in [1.29, 1.82) is 0 Å². The summed E-state index contributed by atoms with van der Waals surface area (Å²) in [4.78, 5) is 20.3. The van der Waals surface area contributed by atoms with Crippen LogP contribution in [0.2, 0.25) is 0 Å². The quantitative estimate of drug-likeness (QED) is 0.661. The molecular weight excluding hydrogens is 262 g/mol. The summed E-state index contributed by atoms with van der Waals surface area (Å²) < 4.78 is 0. The predicted molar refractivity (Wildman–Crippen MR) is 73.4 cm³/mol. The van der Waals surface area contributed by atoms with E-state index in [1.807, 2.05) is 13.0 Å². The number of rotatable bonds is 3. The molecule has 1 aromatic carbocycles. The Hall–Kier alpha value is -2.08. The molecule has 0 radical (unpaired) electrons. The highest BCUT2D eigenvalue weighted by Gasteiger charge is 2.13. The van der Waals surface area contributed by atoms with Crippen molar-refractivity contribution in [2.75, 3.05) is 5.73 Å². The number of benzene rings is 1. The second-order valence-corrected chi connectivity index (χ2v) is 5.13. The molecule has 0 spiro atoms. The van der Waals surface area contributed by atoms with Crippen LogP contribution in [0.4, 0.5) is 5.69 Å². The first kappa shape index (κ1) is 13.4. The summed E-state index contributed by atoms with van der Waals surface area (Å²) in [6, 6.07) is 5.18. The summed E-state index contributed by atoms with van der Waals surface area (Å²) in [5, 5.41) is 9.69. The highest BCUT2D eigenvalue weighted by molar-refractivity contribution is 7.99. The van der Waals surface area contributed by atoms with Crippen LogP contribution in [-0.4, -0.2) is 21.0 Å². The summed E-state index contributed by atoms with van der Waals surface area (Å²) >= 11 is 1.32. The van der Waals surface area contributed by atoms with E-state index in [1.165, 1.54) is 11.8 Å². The second-order valence-electron chi connectivity index (χ2n) is 4.09. The Labute approximate surface area is 114 Å². The van der Waals surface area contributed by atoms with Crippen molar-refractivity contribution in [2.45, 2.75) is 23.9 Å². The van der Waals surface area contributed by atoms with Crippen LogP contribution in [0.15, 0.2) is 34.4 Å². The number of hydrogen-bond acceptors (Lipinski definition) is 5. The van der Waals surface area contributed by atoms with Crippen molar-refractivity contribution in [3.05, 3.63) is 41.2 Å². The van der Waals surface area contributed by atoms with E-state index in [1.54, 1.807) is 25.3 Å². The lowest BCUT2D eigenvalue weighted by molar-refractivity contribution is 0.0697. The van der Waals surface area contributed by atoms with Crippen molar-refractivity contribution in [3.8, 4) is 0 Å². The van der Waals surface area contributed by atoms with Gasteiger partial charge in [-0.25, -0.2) is 14.8 Å². The third-order valence-electron chi connectivity index (χ3n) is 2.57. The second kappa shape index (κ2) is 5.27. The molecule has 0 atom stereocenters. The zero-order valence-electron chi connectivity index (χ0n) is 10.5. The Morgan fingerprint density at radius 3 is 2.74 bits per heavy atom. The minimum absolute atomic E-state index is 0.107. The van der Waals surface area contributed by atoms with Crippen LogP contribution in [0.5, 0.6) is 0 Å². The van der Waals surface area contributed by atoms with Gasteiger partial charge in [0, 0.05) is 22.5 Å². The lowest BCUT2D eigenvalue weighted by Crippen LogP contribution is -2.04. The van der Waals surface area contributed by atoms with Gasteiger partial charge in [0.2, 0.25) is 0 Å². The van der Waals surface area contributed by atoms with Gasteiger partial charge < -0.3 is 10.8 Å². The highest BCUT2D eigenvalue weighted by Crippen LogP contribution is 2.29. The van der Waals surface area contributed by atoms with E-state index in [0.29, 0.717) is 10.8 Å². The van der Waals surface area contributed by atoms with E-state index in [-0.39, 0.29) is 5.56 Å². The fraction of sp³-hybridized carbons (Fsp3) is 0.154. The van der Waals surface area contributed by atoms with E-state index in [4.69, 9.17) is 10.8 Å². The molecule has 6 heteroatoms. The van der Waals surface area contributed by atoms with E-state index < -0.39 is 5.97 Å². The monoisotopic (exact) mass is 275 g/mol. The Balaban J connectivity index is 2.38. The summed E-state index contributed by atoms with van der Waals surface area (Å²) in [6.45, 7) is 3.66. The van der Waals surface area contributed by atoms with Gasteiger partial charge in [0.25, 0.3) is 0 Å². The average molecular weight is 275 g/mol. The molecule has 0 fully saturated rings. The molecule has 0 saturated carbocycles. The summed E-state index contributed by atoms with van der Waals surface area (Å²) in [5.74, 6) is -1.03. The van der Waals surface area contributed by atoms with E-state index >= 15 is 0 Å². The maximum atomic E-state index is 11.1. The molecule has 0 amide bonds. The van der Waals surface area contributed by atoms with Crippen LogP contribution in [0.1, 0.15) is 21.6 Å². The van der Waals surface area contributed by atoms with Gasteiger partial charge in [0.1, 0.15) is 0 Å². The Kier molecular flexibility index (Phi) is 3.71. The smallest absolute Gasteiger partial charge is 0.337 e. The van der Waals surface area contributed by atoms with Crippen LogP contribution >= 0.6 is 11.8 Å². The molecule has 0 aliphatic carbocycles. The number of anilines is 1. The van der Waals surface area contributed by atoms with Gasteiger partial charge in [-0.1, -0.05) is 0 Å². The van der Waals surface area contributed by atoms with Gasteiger partial charge in [0.05, 0.1) is 5.56 Å². The van der Waals surface area contributed by atoms with Gasteiger partial charge in [-0.05, 0) is 49.4 Å². The zero-order valence-corrected chi connectivity index (χ0v) is 11.4. The molecule has 1 heterocycles. The van der Waals surface area contributed by atoms with Gasteiger partial charge in [-0.3, -0.25) is 0 Å². The lowest BCUT2D eigenvalue weighted by Gasteiger charge is -2.08. The van der Waals surface area contributed by atoms with Crippen molar-refractivity contribution >= 4 is 23.4 Å². The predicted octanol–water partition coefficient (Wildman–Crippen LogP) is 2.53. The number of carboxylic acids is 1. The molecule has 0 aliphatic rings. The maximum Gasteiger partial charge on any atom is 0.337 e. The van der Waals surface area contributed by atoms with E-state index in [2.05, 4.69) is 9.97 Å². The first-order valence-electron chi connectivity index (χ1n) is 5.58. The SMILES string of the molecule is Cc1ccnc(Sc2cc(C)c(N)c(C(=O)O)c2)n1. The number of aromatic nitrogens is 2. The van der Waals surface area contributed by atoms with Crippen molar-refractivity contribution in [3.63, 3.8) is 0 Å². The first-order valence-corrected chi connectivity index (χ1v) is 6.40. The number of nitrogen functional groups attached to an aromatic ring is 1. The summed E-state index contributed by atoms with van der Waals surface area (Å²) in [7, 11) is 0. The van der Waals surface area contributed by atoms with Crippen LogP contribution in [0.3, 0.4) is 0 Å². The first-order chi connectivity index (χ1) is 8.97. The molecule has 2 rings (SSSR count). The van der Waals surface area contributed by atoms with Crippen LogP contribution in [-0.2, 0) is 0 Å². The minimum Gasteiger partial charge on any atom is -0.478 e. The van der Waals surface area contributed by atoms with Crippen LogP contribution < -0.4 is 5.73 Å². The Bertz CT molecular complexity index is 644. The fourth-order valence-electron chi connectivity index (χ4n) is 1.58. The van der Waals surface area contributed by atoms with Crippen LogP contribution in [0.25, 0.3) is 0 Å². The van der Waals surface area contributed by atoms with Crippen molar-refractivity contribution < 1.29 is 9.90 Å². The molecule has 0 aliphatic heterocycles. The molecule has 1 aromatic heterocycles. The van der Waals surface area contributed by atoms with Gasteiger partial charge >= 0.3 is 5.97 Å². The summed E-state index contributed by atoms with van der Waals surface area (Å²) in [6.07, 6.45) is 1.67. The third kappa shape index (κ3) is 3.03. The Morgan fingerprint density at radius 2 is 2.11 bits per heavy atom. The highest BCUT2D eigenvalue weighted by atomic mass is 32.2. The molecule has 3 N–H and O–H groups in total. The van der Waals surface area contributed by atoms with Crippen molar-refractivity contribution in [1.82, 2.24) is 9.97 Å². The normalized spacial score (nSPS) is 10.4. The minimum atomic E-state index is -1.03. The molecular formula is C13H13N3O2S. The number of nitrogens with two attached hydrogens (primary N) is 1. The number of aromatic carboxylic acids is 1. The number of carbonyl (C=O) groups is 1. The standard InChI is InChI=1S/C13H13N3O2S/c1-7-5-9(6-10(11(7)14)12(17)18)19-13-15-4-3-8(2)16-13/h3-6H,14H2,1-2H3,(H,17,18). The molecule has 2 aromatic rings. The van der Waals surface area contributed by atoms with Crippen molar-refractivity contribution in [2.24, 2.45) is 0 Å². The number of carboxylic acid groups (broad SMARTS) is 1. The third-order valence-corrected chi connectivity index (χ3v) is 3.42. The lowest BCUT2D eigenvalue weighted by atomic mass is 10.1. The Morgan fingerprint density at radius 1 is 1.37 bits per heavy atom. The van der Waals surface area contributed by atoms with Gasteiger partial charge in [0.15, 0.2) is 5.16 Å². The van der Waals surface area contributed by atoms with Crippen LogP contribution in [0, 0.1) is 13.8 Å². The van der Waals surface area contributed by atoms with E-state index in [0.717, 1.165) is 16.2 Å². The average Bonchev–Trinajstić information content (AvgIpc) is 2.33. The molecule has 0 unspecified atom stereocenters. The zero-order chi connectivity index (χ0) is 14.0. The largest absolute Gasteiger partial charge is 0.478 e. The fourth-order valence-corrected chi connectivity index (χ4v) is 2.51.